The van der Waals surface area contributed by atoms with Gasteiger partial charge in [-0.1, -0.05) is 19.0 Å². The molecule has 0 unspecified atom stereocenters. The Morgan fingerprint density at radius 3 is 2.71 bits per heavy atom. The van der Waals surface area contributed by atoms with E-state index in [1.54, 1.807) is 0 Å². The summed E-state index contributed by atoms with van der Waals surface area (Å²) in [6.45, 7) is 5.47. The largest absolute Gasteiger partial charge is 0.480 e. The number of carboxylic acid groups (broad SMARTS) is 1. The fourth-order valence-corrected chi connectivity index (χ4v) is 1.69. The lowest BCUT2D eigenvalue weighted by atomic mass is 10.0. The van der Waals surface area contributed by atoms with E-state index in [1.807, 2.05) is 18.7 Å². The Morgan fingerprint density at radius 2 is 2.24 bits per heavy atom. The summed E-state index contributed by atoms with van der Waals surface area (Å²) in [5.74, 6) is 0.996. The van der Waals surface area contributed by atoms with Crippen LogP contribution < -0.4 is 0 Å². The van der Waals surface area contributed by atoms with Crippen LogP contribution in [-0.2, 0) is 4.79 Å². The highest BCUT2D eigenvalue weighted by Gasteiger charge is 2.33. The lowest BCUT2D eigenvalue weighted by Gasteiger charge is -2.35. The smallest absolute Gasteiger partial charge is 0.317 e. The minimum atomic E-state index is -0.799. The first-order valence-corrected chi connectivity index (χ1v) is 5.34. The Bertz CT molecular complexity index is 388. The van der Waals surface area contributed by atoms with Gasteiger partial charge in [-0.3, -0.25) is 9.69 Å². The van der Waals surface area contributed by atoms with E-state index >= 15 is 0 Å². The molecule has 2 rings (SSSR count). The van der Waals surface area contributed by atoms with Gasteiger partial charge in [0.1, 0.15) is 0 Å². The van der Waals surface area contributed by atoms with Gasteiger partial charge in [-0.25, -0.2) is 0 Å². The van der Waals surface area contributed by atoms with Gasteiger partial charge in [0, 0.05) is 19.0 Å². The fraction of sp³-hybridized carbons (Fsp3) is 0.700. The van der Waals surface area contributed by atoms with Crippen LogP contribution in [0.2, 0.25) is 0 Å². The molecule has 17 heavy (non-hydrogen) atoms. The molecule has 2 heterocycles. The van der Waals surface area contributed by atoms with Gasteiger partial charge in [0.05, 0.1) is 12.5 Å². The molecule has 6 nitrogen and oxygen atoms in total. The van der Waals surface area contributed by atoms with Crippen molar-refractivity contribution in [1.29, 1.82) is 0 Å². The van der Waals surface area contributed by atoms with Crippen LogP contribution in [0, 0.1) is 0 Å². The number of hydrogen-bond donors (Lipinski definition) is 1. The zero-order chi connectivity index (χ0) is 11.7. The molecule has 1 N–H and O–H groups in total. The van der Waals surface area contributed by atoms with Crippen molar-refractivity contribution >= 4 is 18.4 Å². The summed E-state index contributed by atoms with van der Waals surface area (Å²) >= 11 is 0. The van der Waals surface area contributed by atoms with Crippen LogP contribution >= 0.6 is 12.4 Å². The van der Waals surface area contributed by atoms with Gasteiger partial charge in [0.25, 0.3) is 0 Å². The van der Waals surface area contributed by atoms with Crippen LogP contribution in [0.5, 0.6) is 0 Å². The molecule has 0 radical (unpaired) electrons. The molecule has 0 saturated carbocycles. The number of aliphatic carboxylic acids is 1. The molecule has 0 atom stereocenters. The maximum Gasteiger partial charge on any atom is 0.317 e. The summed E-state index contributed by atoms with van der Waals surface area (Å²) in [6.07, 6.45) is 0. The first-order chi connectivity index (χ1) is 7.56. The topological polar surface area (TPSA) is 79.5 Å². The van der Waals surface area contributed by atoms with E-state index in [-0.39, 0.29) is 30.8 Å². The lowest BCUT2D eigenvalue weighted by molar-refractivity contribution is -0.139. The Labute approximate surface area is 105 Å². The molecule has 0 bridgehead atoms. The summed E-state index contributed by atoms with van der Waals surface area (Å²) in [5, 5.41) is 12.5. The third-order valence-electron chi connectivity index (χ3n) is 2.64. The first-order valence-electron chi connectivity index (χ1n) is 5.34. The van der Waals surface area contributed by atoms with E-state index in [2.05, 4.69) is 10.1 Å². The molecular weight excluding hydrogens is 246 g/mol. The van der Waals surface area contributed by atoms with Crippen LogP contribution in [0.3, 0.4) is 0 Å². The molecule has 1 saturated heterocycles. The van der Waals surface area contributed by atoms with Crippen molar-refractivity contribution in [2.75, 3.05) is 19.6 Å². The minimum absolute atomic E-state index is 0. The van der Waals surface area contributed by atoms with Gasteiger partial charge in [0.2, 0.25) is 5.89 Å². The normalized spacial score (nSPS) is 16.6. The Hall–Kier alpha value is -1.14. The Kier molecular flexibility index (Phi) is 4.47. The Morgan fingerprint density at radius 1 is 1.59 bits per heavy atom. The Balaban J connectivity index is 0.00000144. The number of hydrogen-bond acceptors (Lipinski definition) is 5. The monoisotopic (exact) mass is 261 g/mol. The summed E-state index contributed by atoms with van der Waals surface area (Å²) in [5.41, 5.74) is 0. The van der Waals surface area contributed by atoms with E-state index < -0.39 is 5.97 Å². The molecule has 0 amide bonds. The van der Waals surface area contributed by atoms with Crippen molar-refractivity contribution in [3.05, 3.63) is 11.7 Å². The second-order valence-electron chi connectivity index (χ2n) is 4.43. The quantitative estimate of drug-likeness (QED) is 0.874. The molecule has 96 valence electrons. The molecule has 1 aromatic heterocycles. The standard InChI is InChI=1S/C10H15N3O3.ClH/c1-6(2)9-11-10(16-12-9)7-3-13(4-7)5-8(14)15;/h6-7H,3-5H2,1-2H3,(H,14,15);1H. The van der Waals surface area contributed by atoms with E-state index in [0.29, 0.717) is 24.8 Å². The highest BCUT2D eigenvalue weighted by molar-refractivity contribution is 5.85. The number of nitrogens with zero attached hydrogens (tertiary/aromatic N) is 3. The number of rotatable bonds is 4. The number of carboxylic acids is 1. The van der Waals surface area contributed by atoms with Gasteiger partial charge in [-0.2, -0.15) is 4.98 Å². The van der Waals surface area contributed by atoms with Crippen molar-refractivity contribution < 1.29 is 14.4 Å². The predicted molar refractivity (Wildman–Crippen MR) is 62.5 cm³/mol. The summed E-state index contributed by atoms with van der Waals surface area (Å²) in [7, 11) is 0. The van der Waals surface area contributed by atoms with Gasteiger partial charge >= 0.3 is 5.97 Å². The third-order valence-corrected chi connectivity index (χ3v) is 2.64. The second kappa shape index (κ2) is 5.46. The fourth-order valence-electron chi connectivity index (χ4n) is 1.69. The number of aromatic nitrogens is 2. The third kappa shape index (κ3) is 3.17. The summed E-state index contributed by atoms with van der Waals surface area (Å²) in [6, 6.07) is 0. The molecule has 1 aromatic rings. The van der Waals surface area contributed by atoms with E-state index in [0.717, 1.165) is 0 Å². The van der Waals surface area contributed by atoms with Crippen LogP contribution in [0.4, 0.5) is 0 Å². The van der Waals surface area contributed by atoms with Gasteiger partial charge in [-0.15, -0.1) is 12.4 Å². The molecule has 0 aromatic carbocycles. The van der Waals surface area contributed by atoms with Crippen molar-refractivity contribution in [3.63, 3.8) is 0 Å². The number of halogens is 1. The molecular formula is C10H16ClN3O3. The first kappa shape index (κ1) is 13.9. The van der Waals surface area contributed by atoms with Crippen LogP contribution in [-0.4, -0.2) is 45.8 Å². The SMILES string of the molecule is CC(C)c1noc(C2CN(CC(=O)O)C2)n1.Cl. The number of carbonyl (C=O) groups is 1. The van der Waals surface area contributed by atoms with Crippen LogP contribution in [0.25, 0.3) is 0 Å². The van der Waals surface area contributed by atoms with Crippen molar-refractivity contribution in [3.8, 4) is 0 Å². The van der Waals surface area contributed by atoms with Gasteiger partial charge < -0.3 is 9.63 Å². The maximum absolute atomic E-state index is 10.4. The van der Waals surface area contributed by atoms with E-state index in [9.17, 15) is 4.79 Å². The zero-order valence-electron chi connectivity index (χ0n) is 9.79. The second-order valence-corrected chi connectivity index (χ2v) is 4.43. The summed E-state index contributed by atoms with van der Waals surface area (Å²) < 4.78 is 5.15. The molecule has 7 heteroatoms. The predicted octanol–water partition coefficient (Wildman–Crippen LogP) is 1.10. The van der Waals surface area contributed by atoms with Crippen molar-refractivity contribution in [2.24, 2.45) is 0 Å². The molecule has 0 aliphatic carbocycles. The minimum Gasteiger partial charge on any atom is -0.480 e. The van der Waals surface area contributed by atoms with E-state index in [1.165, 1.54) is 0 Å². The highest BCUT2D eigenvalue weighted by atomic mass is 35.5. The molecule has 1 aliphatic rings. The lowest BCUT2D eigenvalue weighted by Crippen LogP contribution is -2.47. The van der Waals surface area contributed by atoms with Gasteiger partial charge in [-0.05, 0) is 0 Å². The maximum atomic E-state index is 10.4. The number of likely N-dealkylation sites (tertiary alicyclic amines) is 1. The highest BCUT2D eigenvalue weighted by Crippen LogP contribution is 2.26. The summed E-state index contributed by atoms with van der Waals surface area (Å²) in [4.78, 5) is 16.6. The van der Waals surface area contributed by atoms with Gasteiger partial charge in [0.15, 0.2) is 5.82 Å². The van der Waals surface area contributed by atoms with Crippen LogP contribution in [0.1, 0.15) is 37.4 Å². The average Bonchev–Trinajstić information content (AvgIpc) is 2.58. The zero-order valence-corrected chi connectivity index (χ0v) is 10.6. The van der Waals surface area contributed by atoms with Crippen LogP contribution in [0.15, 0.2) is 4.52 Å². The van der Waals surface area contributed by atoms with Crippen molar-refractivity contribution in [2.45, 2.75) is 25.7 Å². The molecule has 0 spiro atoms. The molecule has 1 aliphatic heterocycles. The van der Waals surface area contributed by atoms with E-state index in [4.69, 9.17) is 9.63 Å². The molecule has 1 fully saturated rings. The van der Waals surface area contributed by atoms with Crippen molar-refractivity contribution in [1.82, 2.24) is 15.0 Å². The average molecular weight is 262 g/mol.